The van der Waals surface area contributed by atoms with E-state index >= 15 is 0 Å². The second-order valence-corrected chi connectivity index (χ2v) is 3.11. The molecule has 86 valence electrons. The van der Waals surface area contributed by atoms with Crippen molar-refractivity contribution in [2.24, 2.45) is 5.73 Å². The average Bonchev–Trinajstić information content (AvgIpc) is 2.28. The van der Waals surface area contributed by atoms with Gasteiger partial charge in [-0.3, -0.25) is 4.79 Å². The summed E-state index contributed by atoms with van der Waals surface area (Å²) in [6, 6.07) is 9.45. The number of ether oxygens (including phenoxy) is 2. The van der Waals surface area contributed by atoms with Gasteiger partial charge in [0.2, 0.25) is 0 Å². The van der Waals surface area contributed by atoms with E-state index in [0.717, 1.165) is 5.56 Å². The largest absolute Gasteiger partial charge is 0.436 e. The van der Waals surface area contributed by atoms with Gasteiger partial charge in [-0.05, 0) is 5.56 Å². The first-order valence-electron chi connectivity index (χ1n) is 4.75. The van der Waals surface area contributed by atoms with E-state index in [1.165, 1.54) is 0 Å². The fourth-order valence-corrected chi connectivity index (χ4v) is 1.12. The van der Waals surface area contributed by atoms with Crippen LogP contribution in [-0.2, 0) is 20.9 Å². The maximum absolute atomic E-state index is 10.5. The van der Waals surface area contributed by atoms with Crippen molar-refractivity contribution in [1.82, 2.24) is 0 Å². The van der Waals surface area contributed by atoms with Crippen LogP contribution in [-0.4, -0.2) is 25.1 Å². The summed E-state index contributed by atoms with van der Waals surface area (Å²) in [7, 11) is 0. The fraction of sp³-hybridized carbons (Fsp3) is 0.273. The molecule has 16 heavy (non-hydrogen) atoms. The van der Waals surface area contributed by atoms with Crippen LogP contribution in [0.1, 0.15) is 5.56 Å². The summed E-state index contributed by atoms with van der Waals surface area (Å²) < 4.78 is 9.69. The van der Waals surface area contributed by atoms with Crippen LogP contribution in [0.5, 0.6) is 0 Å². The molecule has 0 saturated carbocycles. The van der Waals surface area contributed by atoms with Crippen LogP contribution in [0.25, 0.3) is 0 Å². The van der Waals surface area contributed by atoms with Crippen molar-refractivity contribution >= 4 is 12.4 Å². The third-order valence-electron chi connectivity index (χ3n) is 1.81. The normalized spacial score (nSPS) is 11.8. The first-order chi connectivity index (χ1) is 7.72. The number of rotatable bonds is 6. The molecule has 0 aliphatic heterocycles. The van der Waals surface area contributed by atoms with Gasteiger partial charge in [0.1, 0.15) is 0 Å². The zero-order valence-corrected chi connectivity index (χ0v) is 8.67. The van der Waals surface area contributed by atoms with Crippen LogP contribution >= 0.6 is 0 Å². The third kappa shape index (κ3) is 4.56. The summed E-state index contributed by atoms with van der Waals surface area (Å²) in [5.74, 6) is 0. The van der Waals surface area contributed by atoms with Gasteiger partial charge in [0.15, 0.2) is 12.4 Å². The molecular weight excluding hydrogens is 210 g/mol. The van der Waals surface area contributed by atoms with Crippen molar-refractivity contribution in [3.63, 3.8) is 0 Å². The molecule has 1 aromatic carbocycles. The molecule has 0 aromatic heterocycles. The topological polar surface area (TPSA) is 78.6 Å². The van der Waals surface area contributed by atoms with Gasteiger partial charge in [0, 0.05) is 0 Å². The molecule has 0 unspecified atom stereocenters. The maximum atomic E-state index is 10.5. The Hall–Kier alpha value is -1.88. The number of nitrogens with two attached hydrogens (primary N) is 1. The Balaban J connectivity index is 2.28. The highest BCUT2D eigenvalue weighted by atomic mass is 16.6. The molecule has 2 N–H and O–H groups in total. The Morgan fingerprint density at radius 1 is 1.38 bits per heavy atom. The molecule has 0 radical (unpaired) electrons. The zero-order chi connectivity index (χ0) is 11.8. The van der Waals surface area contributed by atoms with E-state index in [2.05, 4.69) is 4.74 Å². The zero-order valence-electron chi connectivity index (χ0n) is 8.67. The molecular formula is C11H13NO4. The fourth-order valence-electron chi connectivity index (χ4n) is 1.12. The van der Waals surface area contributed by atoms with E-state index in [0.29, 0.717) is 12.9 Å². The summed E-state index contributed by atoms with van der Waals surface area (Å²) in [5.41, 5.74) is 5.75. The molecule has 1 rings (SSSR count). The highest BCUT2D eigenvalue weighted by Gasteiger charge is 2.10. The van der Waals surface area contributed by atoms with Crippen LogP contribution in [0.4, 0.5) is 4.79 Å². The van der Waals surface area contributed by atoms with Crippen molar-refractivity contribution in [2.45, 2.75) is 12.7 Å². The third-order valence-corrected chi connectivity index (χ3v) is 1.81. The molecule has 0 spiro atoms. The highest BCUT2D eigenvalue weighted by Crippen LogP contribution is 2.01. The molecule has 0 aliphatic carbocycles. The summed E-state index contributed by atoms with van der Waals surface area (Å²) in [6.45, 7) is 0.356. The van der Waals surface area contributed by atoms with E-state index in [1.807, 2.05) is 30.3 Å². The van der Waals surface area contributed by atoms with Gasteiger partial charge < -0.3 is 15.2 Å². The highest BCUT2D eigenvalue weighted by molar-refractivity contribution is 5.69. The molecule has 0 saturated heterocycles. The Morgan fingerprint density at radius 3 is 2.62 bits per heavy atom. The molecule has 0 fully saturated rings. The number of carbonyl (C=O) groups is 2. The van der Waals surface area contributed by atoms with Gasteiger partial charge in [0.05, 0.1) is 13.2 Å². The molecule has 0 heterocycles. The Bertz CT molecular complexity index is 339. The van der Waals surface area contributed by atoms with E-state index in [4.69, 9.17) is 10.5 Å². The molecule has 1 aromatic rings. The molecule has 1 atom stereocenters. The van der Waals surface area contributed by atoms with Crippen LogP contribution in [0.3, 0.4) is 0 Å². The van der Waals surface area contributed by atoms with Crippen molar-refractivity contribution in [2.75, 3.05) is 6.61 Å². The Kier molecular flexibility index (Phi) is 5.01. The van der Waals surface area contributed by atoms with Gasteiger partial charge in [-0.25, -0.2) is 4.79 Å². The number of hydrogen-bond donors (Lipinski definition) is 1. The second kappa shape index (κ2) is 6.58. The Labute approximate surface area is 93.1 Å². The maximum Gasteiger partial charge on any atom is 0.405 e. The molecule has 5 heteroatoms. The van der Waals surface area contributed by atoms with Crippen molar-refractivity contribution in [3.05, 3.63) is 35.9 Å². The van der Waals surface area contributed by atoms with E-state index in [9.17, 15) is 9.59 Å². The summed E-state index contributed by atoms with van der Waals surface area (Å²) in [6.07, 6.45) is -1.45. The minimum Gasteiger partial charge on any atom is -0.436 e. The van der Waals surface area contributed by atoms with Gasteiger partial charge in [0.25, 0.3) is 0 Å². The van der Waals surface area contributed by atoms with Gasteiger partial charge >= 0.3 is 6.09 Å². The van der Waals surface area contributed by atoms with Crippen molar-refractivity contribution in [3.8, 4) is 0 Å². The summed E-state index contributed by atoms with van der Waals surface area (Å²) >= 11 is 0. The average molecular weight is 223 g/mol. The summed E-state index contributed by atoms with van der Waals surface area (Å²) in [5, 5.41) is 0. The molecule has 5 nitrogen and oxygen atoms in total. The monoisotopic (exact) mass is 223 g/mol. The van der Waals surface area contributed by atoms with Crippen LogP contribution in [0, 0.1) is 0 Å². The predicted octanol–water partition coefficient (Wildman–Crippen LogP) is 0.866. The Morgan fingerprint density at radius 2 is 2.06 bits per heavy atom. The molecule has 1 amide bonds. The SMILES string of the molecule is NC(=O)O[C@@H](C=O)COCc1ccccc1. The van der Waals surface area contributed by atoms with Crippen LogP contribution in [0.15, 0.2) is 30.3 Å². The minimum absolute atomic E-state index is 0.00132. The van der Waals surface area contributed by atoms with E-state index in [1.54, 1.807) is 0 Å². The first kappa shape index (κ1) is 12.2. The lowest BCUT2D eigenvalue weighted by molar-refractivity contribution is -0.118. The van der Waals surface area contributed by atoms with E-state index in [-0.39, 0.29) is 6.61 Å². The second-order valence-electron chi connectivity index (χ2n) is 3.11. The number of hydrogen-bond acceptors (Lipinski definition) is 4. The first-order valence-corrected chi connectivity index (χ1v) is 4.75. The number of primary amides is 1. The summed E-state index contributed by atoms with van der Waals surface area (Å²) in [4.78, 5) is 20.9. The molecule has 0 bridgehead atoms. The number of amides is 1. The number of aldehydes is 1. The standard InChI is InChI=1S/C11H13NO4/c12-11(14)16-10(6-13)8-15-7-9-4-2-1-3-5-9/h1-6,10H,7-8H2,(H2,12,14)/t10-/m0/s1. The predicted molar refractivity (Wildman–Crippen MR) is 56.6 cm³/mol. The van der Waals surface area contributed by atoms with Gasteiger partial charge in [-0.2, -0.15) is 0 Å². The van der Waals surface area contributed by atoms with Gasteiger partial charge in [-0.1, -0.05) is 30.3 Å². The van der Waals surface area contributed by atoms with E-state index < -0.39 is 12.2 Å². The minimum atomic E-state index is -0.986. The lowest BCUT2D eigenvalue weighted by Gasteiger charge is -2.10. The molecule has 0 aliphatic rings. The smallest absolute Gasteiger partial charge is 0.405 e. The van der Waals surface area contributed by atoms with Crippen molar-refractivity contribution < 1.29 is 19.1 Å². The van der Waals surface area contributed by atoms with Crippen LogP contribution < -0.4 is 5.73 Å². The number of benzene rings is 1. The van der Waals surface area contributed by atoms with Gasteiger partial charge in [-0.15, -0.1) is 0 Å². The van der Waals surface area contributed by atoms with Crippen LogP contribution in [0.2, 0.25) is 0 Å². The quantitative estimate of drug-likeness (QED) is 0.725. The lowest BCUT2D eigenvalue weighted by Crippen LogP contribution is -2.28. The van der Waals surface area contributed by atoms with Crippen molar-refractivity contribution in [1.29, 1.82) is 0 Å². The lowest BCUT2D eigenvalue weighted by atomic mass is 10.2. The number of carbonyl (C=O) groups excluding carboxylic acids is 2.